The van der Waals surface area contributed by atoms with Crippen LogP contribution in [0, 0.1) is 0 Å². The molecule has 7 nitrogen and oxygen atoms in total. The van der Waals surface area contributed by atoms with Gasteiger partial charge in [0.15, 0.2) is 0 Å². The first kappa shape index (κ1) is 16.2. The Balaban J connectivity index is 1.83. The summed E-state index contributed by atoms with van der Waals surface area (Å²) < 4.78 is 0. The third kappa shape index (κ3) is 2.90. The molecule has 1 aromatic rings. The fourth-order valence-electron chi connectivity index (χ4n) is 3.04. The number of β-amino-alcohol motifs (C(OH)–C–C–N with tert-alkyl or cyclic N) is 1. The Kier molecular flexibility index (Phi) is 4.35. The Labute approximate surface area is 139 Å². The molecular weight excluding hydrogens is 310 g/mol. The summed E-state index contributed by atoms with van der Waals surface area (Å²) in [5.74, 6) is -0.927. The lowest BCUT2D eigenvalue weighted by Crippen LogP contribution is -2.34. The molecule has 0 aromatic heterocycles. The van der Waals surface area contributed by atoms with E-state index < -0.39 is 11.8 Å². The number of carbonyl (C=O) groups excluding carboxylic acids is 3. The van der Waals surface area contributed by atoms with E-state index in [2.05, 4.69) is 5.32 Å². The van der Waals surface area contributed by atoms with Crippen LogP contribution < -0.4 is 10.2 Å². The number of aliphatic hydroxyl groups excluding tert-OH is 1. The van der Waals surface area contributed by atoms with Crippen molar-refractivity contribution in [3.8, 4) is 0 Å². The minimum Gasteiger partial charge on any atom is -0.395 e. The molecule has 24 heavy (non-hydrogen) atoms. The lowest BCUT2D eigenvalue weighted by Gasteiger charge is -2.29. The summed E-state index contributed by atoms with van der Waals surface area (Å²) in [6.07, 6.45) is 3.05. The lowest BCUT2D eigenvalue weighted by molar-refractivity contribution is -0.137. The molecule has 0 saturated heterocycles. The maximum absolute atomic E-state index is 12.2. The number of carbonyl (C=O) groups is 3. The van der Waals surface area contributed by atoms with Crippen molar-refractivity contribution in [3.63, 3.8) is 0 Å². The van der Waals surface area contributed by atoms with Crippen molar-refractivity contribution in [3.05, 3.63) is 35.5 Å². The topological polar surface area (TPSA) is 90.0 Å². The van der Waals surface area contributed by atoms with E-state index >= 15 is 0 Å². The maximum Gasteiger partial charge on any atom is 0.277 e. The third-order valence-corrected chi connectivity index (χ3v) is 4.20. The molecule has 2 heterocycles. The molecular formula is C17H19N3O4. The lowest BCUT2D eigenvalue weighted by atomic mass is 10.0. The highest BCUT2D eigenvalue weighted by Gasteiger charge is 2.31. The molecule has 2 aliphatic heterocycles. The molecule has 0 unspecified atom stereocenters. The summed E-state index contributed by atoms with van der Waals surface area (Å²) in [5, 5.41) is 11.9. The maximum atomic E-state index is 12.2. The second-order valence-electron chi connectivity index (χ2n) is 5.82. The number of nitrogens with zero attached hydrogens (tertiary/aromatic N) is 2. The van der Waals surface area contributed by atoms with Crippen LogP contribution in [0.2, 0.25) is 0 Å². The average molecular weight is 329 g/mol. The number of hydrogen-bond donors (Lipinski definition) is 2. The highest BCUT2D eigenvalue weighted by molar-refractivity contribution is 6.17. The Hall–Kier alpha value is -2.67. The summed E-state index contributed by atoms with van der Waals surface area (Å²) in [5.41, 5.74) is 2.73. The zero-order chi connectivity index (χ0) is 17.3. The summed E-state index contributed by atoms with van der Waals surface area (Å²) in [7, 11) is 0. The van der Waals surface area contributed by atoms with Crippen LogP contribution in [0.5, 0.6) is 0 Å². The van der Waals surface area contributed by atoms with E-state index in [-0.39, 0.29) is 24.8 Å². The van der Waals surface area contributed by atoms with E-state index in [9.17, 15) is 14.4 Å². The van der Waals surface area contributed by atoms with Gasteiger partial charge in [-0.2, -0.15) is 0 Å². The van der Waals surface area contributed by atoms with Crippen molar-refractivity contribution < 1.29 is 19.5 Å². The normalized spacial score (nSPS) is 17.0. The zero-order valence-electron chi connectivity index (χ0n) is 13.4. The predicted octanol–water partition coefficient (Wildman–Crippen LogP) is 0.643. The standard InChI is InChI=1S/C17H19N3O4/c1-11(22)19-6-2-3-12-4-5-13(9-15(12)19)18-14-10-16(23)20(7-8-21)17(14)24/h4-5,9-10,18,21H,2-3,6-8H2,1H3. The summed E-state index contributed by atoms with van der Waals surface area (Å²) in [6, 6.07) is 5.58. The van der Waals surface area contributed by atoms with Gasteiger partial charge in [0.2, 0.25) is 5.91 Å². The number of benzene rings is 1. The largest absolute Gasteiger partial charge is 0.395 e. The molecule has 0 radical (unpaired) electrons. The van der Waals surface area contributed by atoms with E-state index in [0.29, 0.717) is 12.2 Å². The third-order valence-electron chi connectivity index (χ3n) is 4.20. The number of fused-ring (bicyclic) bond motifs is 1. The number of hydrogen-bond acceptors (Lipinski definition) is 5. The molecule has 0 spiro atoms. The second kappa shape index (κ2) is 6.45. The second-order valence-corrected chi connectivity index (χ2v) is 5.82. The van der Waals surface area contributed by atoms with Crippen LogP contribution in [-0.4, -0.2) is 47.4 Å². The molecule has 0 bridgehead atoms. The van der Waals surface area contributed by atoms with Crippen LogP contribution in [0.1, 0.15) is 18.9 Å². The van der Waals surface area contributed by atoms with E-state index in [0.717, 1.165) is 29.0 Å². The molecule has 0 saturated carbocycles. The van der Waals surface area contributed by atoms with Gasteiger partial charge < -0.3 is 15.3 Å². The number of nitrogens with one attached hydrogen (secondary N) is 1. The minimum absolute atomic E-state index is 0.0199. The van der Waals surface area contributed by atoms with E-state index in [1.165, 1.54) is 13.0 Å². The summed E-state index contributed by atoms with van der Waals surface area (Å²) >= 11 is 0. The average Bonchev–Trinajstić information content (AvgIpc) is 2.82. The monoisotopic (exact) mass is 329 g/mol. The van der Waals surface area contributed by atoms with Crippen LogP contribution in [0.3, 0.4) is 0 Å². The fraction of sp³-hybridized carbons (Fsp3) is 0.353. The number of rotatable bonds is 4. The number of anilines is 2. The highest BCUT2D eigenvalue weighted by Crippen LogP contribution is 2.31. The molecule has 0 atom stereocenters. The van der Waals surface area contributed by atoms with Crippen molar-refractivity contribution in [1.29, 1.82) is 0 Å². The van der Waals surface area contributed by atoms with Gasteiger partial charge in [-0.25, -0.2) is 0 Å². The van der Waals surface area contributed by atoms with Gasteiger partial charge in [0.05, 0.1) is 13.2 Å². The van der Waals surface area contributed by atoms with Crippen LogP contribution >= 0.6 is 0 Å². The number of amides is 3. The van der Waals surface area contributed by atoms with Crippen LogP contribution in [0.25, 0.3) is 0 Å². The number of imide groups is 1. The van der Waals surface area contributed by atoms with Gasteiger partial charge >= 0.3 is 0 Å². The van der Waals surface area contributed by atoms with Crippen LogP contribution in [0.15, 0.2) is 30.0 Å². The summed E-state index contributed by atoms with van der Waals surface area (Å²) in [4.78, 5) is 38.4. The Morgan fingerprint density at radius 2 is 2.12 bits per heavy atom. The summed E-state index contributed by atoms with van der Waals surface area (Å²) in [6.45, 7) is 1.91. The van der Waals surface area contributed by atoms with Crippen molar-refractivity contribution >= 4 is 29.1 Å². The first-order valence-electron chi connectivity index (χ1n) is 7.87. The van der Waals surface area contributed by atoms with Gasteiger partial charge in [-0.05, 0) is 30.5 Å². The Morgan fingerprint density at radius 1 is 1.33 bits per heavy atom. The molecule has 126 valence electrons. The molecule has 2 aliphatic rings. The van der Waals surface area contributed by atoms with Crippen molar-refractivity contribution in [2.24, 2.45) is 0 Å². The molecule has 0 aliphatic carbocycles. The van der Waals surface area contributed by atoms with Gasteiger partial charge in [-0.3, -0.25) is 19.3 Å². The van der Waals surface area contributed by atoms with Crippen molar-refractivity contribution in [2.45, 2.75) is 19.8 Å². The van der Waals surface area contributed by atoms with Gasteiger partial charge in [-0.15, -0.1) is 0 Å². The van der Waals surface area contributed by atoms with E-state index in [1.54, 1.807) is 4.90 Å². The molecule has 3 rings (SSSR count). The van der Waals surface area contributed by atoms with Gasteiger partial charge in [0, 0.05) is 30.9 Å². The quantitative estimate of drug-likeness (QED) is 0.792. The van der Waals surface area contributed by atoms with Crippen LogP contribution in [-0.2, 0) is 20.8 Å². The Bertz CT molecular complexity index is 741. The molecule has 1 aromatic carbocycles. The van der Waals surface area contributed by atoms with E-state index in [1.807, 2.05) is 18.2 Å². The minimum atomic E-state index is -0.463. The highest BCUT2D eigenvalue weighted by atomic mass is 16.3. The van der Waals surface area contributed by atoms with Gasteiger partial charge in [0.1, 0.15) is 5.70 Å². The van der Waals surface area contributed by atoms with Crippen LogP contribution in [0.4, 0.5) is 11.4 Å². The molecule has 3 amide bonds. The van der Waals surface area contributed by atoms with E-state index in [4.69, 9.17) is 5.11 Å². The SMILES string of the molecule is CC(=O)N1CCCc2ccc(NC3=CC(=O)N(CCO)C3=O)cc21. The van der Waals surface area contributed by atoms with Crippen molar-refractivity contribution in [2.75, 3.05) is 29.9 Å². The zero-order valence-corrected chi connectivity index (χ0v) is 13.4. The number of aliphatic hydroxyl groups is 1. The van der Waals surface area contributed by atoms with Gasteiger partial charge in [0.25, 0.3) is 11.8 Å². The Morgan fingerprint density at radius 3 is 2.83 bits per heavy atom. The molecule has 7 heteroatoms. The predicted molar refractivity (Wildman–Crippen MR) is 88.3 cm³/mol. The molecule has 0 fully saturated rings. The first-order valence-corrected chi connectivity index (χ1v) is 7.87. The number of aryl methyl sites for hydroxylation is 1. The van der Waals surface area contributed by atoms with Gasteiger partial charge in [-0.1, -0.05) is 6.07 Å². The van der Waals surface area contributed by atoms with Crippen molar-refractivity contribution in [1.82, 2.24) is 4.90 Å². The first-order chi connectivity index (χ1) is 11.5. The molecule has 2 N–H and O–H groups in total. The smallest absolute Gasteiger partial charge is 0.277 e. The fourth-order valence-corrected chi connectivity index (χ4v) is 3.04.